The van der Waals surface area contributed by atoms with Gasteiger partial charge < -0.3 is 0 Å². The molecule has 1 aliphatic rings. The molecule has 3 aromatic rings. The Morgan fingerprint density at radius 3 is 2.82 bits per heavy atom. The topological polar surface area (TPSA) is 63.1 Å². The van der Waals surface area contributed by atoms with E-state index in [0.29, 0.717) is 11.3 Å². The van der Waals surface area contributed by atoms with E-state index in [1.165, 1.54) is 23.3 Å². The van der Waals surface area contributed by atoms with Gasteiger partial charge in [-0.15, -0.1) is 11.3 Å². The zero-order valence-corrected chi connectivity index (χ0v) is 17.8. The molecule has 0 bridgehead atoms. The largest absolute Gasteiger partial charge is 0.265 e. The summed E-state index contributed by atoms with van der Waals surface area (Å²) >= 11 is 1.82. The summed E-state index contributed by atoms with van der Waals surface area (Å²) < 4.78 is 0. The van der Waals surface area contributed by atoms with Crippen molar-refractivity contribution in [1.29, 1.82) is 0 Å². The van der Waals surface area contributed by atoms with Crippen LogP contribution < -0.4 is 5.43 Å². The molecular formula is C22H27N5S. The first-order valence-electron chi connectivity index (χ1n) is 9.95. The summed E-state index contributed by atoms with van der Waals surface area (Å²) in [7, 11) is 0. The Bertz CT molecular complexity index is 1010. The Morgan fingerprint density at radius 1 is 1.29 bits per heavy atom. The third-order valence-corrected chi connectivity index (χ3v) is 7.48. The molecule has 1 N–H and O–H groups in total. The molecule has 0 saturated carbocycles. The summed E-state index contributed by atoms with van der Waals surface area (Å²) in [5, 5.41) is 5.74. The van der Waals surface area contributed by atoms with E-state index in [0.717, 1.165) is 40.2 Å². The zero-order chi connectivity index (χ0) is 19.7. The summed E-state index contributed by atoms with van der Waals surface area (Å²) in [6.45, 7) is 9.09. The Kier molecular flexibility index (Phi) is 5.15. The van der Waals surface area contributed by atoms with Crippen molar-refractivity contribution in [3.63, 3.8) is 0 Å². The molecule has 6 heteroatoms. The minimum atomic E-state index is 0.352. The lowest BCUT2D eigenvalue weighted by atomic mass is 9.69. The number of hydrazone groups is 1. The van der Waals surface area contributed by atoms with Gasteiger partial charge in [-0.2, -0.15) is 5.10 Å². The lowest BCUT2D eigenvalue weighted by Crippen LogP contribution is -2.28. The molecule has 0 unspecified atom stereocenters. The van der Waals surface area contributed by atoms with Gasteiger partial charge in [-0.05, 0) is 55.2 Å². The van der Waals surface area contributed by atoms with Gasteiger partial charge in [0.05, 0.1) is 11.1 Å². The van der Waals surface area contributed by atoms with Crippen molar-refractivity contribution in [2.45, 2.75) is 53.4 Å². The molecule has 0 spiro atoms. The van der Waals surface area contributed by atoms with Crippen molar-refractivity contribution in [3.05, 3.63) is 46.9 Å². The van der Waals surface area contributed by atoms with Crippen LogP contribution in [0.15, 0.2) is 36.0 Å². The number of aryl methyl sites for hydroxylation is 1. The fourth-order valence-electron chi connectivity index (χ4n) is 3.94. The van der Waals surface area contributed by atoms with Gasteiger partial charge in [0.25, 0.3) is 0 Å². The maximum absolute atomic E-state index is 4.58. The molecule has 3 aromatic heterocycles. The summed E-state index contributed by atoms with van der Waals surface area (Å²) in [6, 6.07) is 3.92. The highest BCUT2D eigenvalue weighted by Crippen LogP contribution is 2.45. The average molecular weight is 394 g/mol. The zero-order valence-electron chi connectivity index (χ0n) is 17.0. The number of thiophene rings is 1. The average Bonchev–Trinajstić information content (AvgIpc) is 3.11. The number of hydrogen-bond acceptors (Lipinski definition) is 6. The molecule has 0 saturated heterocycles. The van der Waals surface area contributed by atoms with Gasteiger partial charge in [0.15, 0.2) is 5.82 Å². The number of anilines is 1. The van der Waals surface area contributed by atoms with E-state index in [9.17, 15) is 0 Å². The van der Waals surface area contributed by atoms with Gasteiger partial charge in [0.2, 0.25) is 0 Å². The quantitative estimate of drug-likeness (QED) is 0.461. The van der Waals surface area contributed by atoms with Crippen molar-refractivity contribution in [2.24, 2.45) is 16.4 Å². The molecule has 146 valence electrons. The normalized spacial score (nSPS) is 17.6. The Hall–Kier alpha value is -2.34. The lowest BCUT2D eigenvalue weighted by molar-refractivity contribution is 0.184. The van der Waals surface area contributed by atoms with E-state index in [4.69, 9.17) is 0 Å². The second-order valence-corrected chi connectivity index (χ2v) is 9.32. The minimum absolute atomic E-state index is 0.352. The van der Waals surface area contributed by atoms with Gasteiger partial charge in [0.1, 0.15) is 11.2 Å². The van der Waals surface area contributed by atoms with Crippen molar-refractivity contribution >= 4 is 33.1 Å². The second-order valence-electron chi connectivity index (χ2n) is 8.23. The minimum Gasteiger partial charge on any atom is -0.265 e. The van der Waals surface area contributed by atoms with Gasteiger partial charge in [-0.1, -0.05) is 27.2 Å². The maximum atomic E-state index is 4.58. The van der Waals surface area contributed by atoms with Crippen molar-refractivity contribution in [1.82, 2.24) is 15.0 Å². The molecule has 3 heterocycles. The van der Waals surface area contributed by atoms with Crippen molar-refractivity contribution in [2.75, 3.05) is 5.43 Å². The Morgan fingerprint density at radius 2 is 2.07 bits per heavy atom. The van der Waals surface area contributed by atoms with Crippen LogP contribution in [0.3, 0.4) is 0 Å². The third kappa shape index (κ3) is 3.53. The van der Waals surface area contributed by atoms with Crippen LogP contribution in [0.5, 0.6) is 0 Å². The Labute approximate surface area is 170 Å². The predicted octanol–water partition coefficient (Wildman–Crippen LogP) is 5.46. The smallest absolute Gasteiger partial charge is 0.158 e. The van der Waals surface area contributed by atoms with Gasteiger partial charge >= 0.3 is 0 Å². The summed E-state index contributed by atoms with van der Waals surface area (Å²) in [6.07, 6.45) is 9.90. The second kappa shape index (κ2) is 7.59. The van der Waals surface area contributed by atoms with Crippen LogP contribution in [0.2, 0.25) is 0 Å². The standard InChI is InChI=1S/C22H27N5S/c1-5-22(3,4)16-6-7-18-17(12-16)19-20(24-13-25-21(19)28-18)27-26-14(2)15-8-10-23-11-9-15/h8-11,13,16H,5-7,12H2,1-4H3,(H,24,25,27)/b26-14+/t16-/m0/s1. The SMILES string of the molecule is CCC(C)(C)[C@H]1CCc2sc3ncnc(N/N=C(\C)c4ccncc4)c3c2C1. The molecule has 0 aliphatic heterocycles. The number of nitrogens with zero attached hydrogens (tertiary/aromatic N) is 4. The highest BCUT2D eigenvalue weighted by Gasteiger charge is 2.33. The van der Waals surface area contributed by atoms with Gasteiger partial charge in [-0.25, -0.2) is 9.97 Å². The van der Waals surface area contributed by atoms with E-state index in [-0.39, 0.29) is 0 Å². The summed E-state index contributed by atoms with van der Waals surface area (Å²) in [5.74, 6) is 1.50. The summed E-state index contributed by atoms with van der Waals surface area (Å²) in [4.78, 5) is 15.7. The third-order valence-electron chi connectivity index (χ3n) is 6.29. The van der Waals surface area contributed by atoms with Crippen LogP contribution in [-0.4, -0.2) is 20.7 Å². The van der Waals surface area contributed by atoms with Gasteiger partial charge in [-0.3, -0.25) is 10.4 Å². The van der Waals surface area contributed by atoms with Crippen LogP contribution in [0.4, 0.5) is 5.82 Å². The molecular weight excluding hydrogens is 366 g/mol. The fraction of sp³-hybridized carbons (Fsp3) is 0.455. The van der Waals surface area contributed by atoms with E-state index >= 15 is 0 Å². The van der Waals surface area contributed by atoms with Crippen LogP contribution in [0.1, 0.15) is 56.5 Å². The highest BCUT2D eigenvalue weighted by molar-refractivity contribution is 7.19. The number of hydrogen-bond donors (Lipinski definition) is 1. The van der Waals surface area contributed by atoms with Gasteiger partial charge in [0, 0.05) is 22.8 Å². The molecule has 4 rings (SSSR count). The number of rotatable bonds is 5. The van der Waals surface area contributed by atoms with E-state index in [2.05, 4.69) is 46.3 Å². The van der Waals surface area contributed by atoms with Crippen LogP contribution in [0, 0.1) is 11.3 Å². The molecule has 5 nitrogen and oxygen atoms in total. The summed E-state index contributed by atoms with van der Waals surface area (Å²) in [5.41, 5.74) is 6.95. The number of nitrogens with one attached hydrogen (secondary N) is 1. The van der Waals surface area contributed by atoms with Crippen LogP contribution in [-0.2, 0) is 12.8 Å². The van der Waals surface area contributed by atoms with E-state index in [1.807, 2.05) is 30.4 Å². The maximum Gasteiger partial charge on any atom is 0.158 e. The first kappa shape index (κ1) is 19.0. The first-order valence-corrected chi connectivity index (χ1v) is 10.8. The number of aromatic nitrogens is 3. The van der Waals surface area contributed by atoms with Crippen molar-refractivity contribution in [3.8, 4) is 0 Å². The number of fused-ring (bicyclic) bond motifs is 3. The number of pyridine rings is 1. The van der Waals surface area contributed by atoms with Crippen molar-refractivity contribution < 1.29 is 0 Å². The van der Waals surface area contributed by atoms with Crippen LogP contribution in [0.25, 0.3) is 10.2 Å². The van der Waals surface area contributed by atoms with E-state index in [1.54, 1.807) is 18.7 Å². The fourth-order valence-corrected chi connectivity index (χ4v) is 5.13. The van der Waals surface area contributed by atoms with E-state index < -0.39 is 0 Å². The monoisotopic (exact) mass is 393 g/mol. The molecule has 28 heavy (non-hydrogen) atoms. The predicted molar refractivity (Wildman–Crippen MR) is 117 cm³/mol. The molecule has 1 aliphatic carbocycles. The molecule has 0 radical (unpaired) electrons. The Balaban J connectivity index is 1.68. The lowest BCUT2D eigenvalue weighted by Gasteiger charge is -2.36. The molecule has 0 fully saturated rings. The molecule has 0 aromatic carbocycles. The van der Waals surface area contributed by atoms with Crippen LogP contribution >= 0.6 is 11.3 Å². The molecule has 1 atom stereocenters. The highest BCUT2D eigenvalue weighted by atomic mass is 32.1. The first-order chi connectivity index (χ1) is 13.5. The molecule has 0 amide bonds.